The number of hydrogen-bond acceptors (Lipinski definition) is 2. The van der Waals surface area contributed by atoms with Crippen LogP contribution in [0.25, 0.3) is 11.1 Å². The smallest absolute Gasteiger partial charge is 0.133 e. The maximum absolute atomic E-state index is 9.72. The Morgan fingerprint density at radius 2 is 1.56 bits per heavy atom. The van der Waals surface area contributed by atoms with Crippen LogP contribution in [0.5, 0.6) is 11.5 Å². The van der Waals surface area contributed by atoms with Crippen molar-refractivity contribution in [3.8, 4) is 22.6 Å². The summed E-state index contributed by atoms with van der Waals surface area (Å²) in [5.74, 6) is 0.0400. The number of phenolic OH excluding ortho intramolecular Hbond substituents is 2. The molecule has 0 atom stereocenters. The second-order valence-corrected chi connectivity index (χ2v) is 4.62. The molecule has 16 heavy (non-hydrogen) atoms. The monoisotopic (exact) mass is 298 g/mol. The standard InChI is InChI=1S/C12H8BrClO2/c13-10-5-9(11(15)6-12(10)16)7-1-3-8(14)4-2-7/h1-6,15-16H. The highest BCUT2D eigenvalue weighted by molar-refractivity contribution is 9.10. The molecule has 0 amide bonds. The molecule has 0 aromatic heterocycles. The SMILES string of the molecule is Oc1cc(O)c(-c2ccc(Cl)cc2)cc1Br. The van der Waals surface area contributed by atoms with Gasteiger partial charge in [0, 0.05) is 16.7 Å². The van der Waals surface area contributed by atoms with Gasteiger partial charge in [0.15, 0.2) is 0 Å². The number of phenols is 2. The fourth-order valence-corrected chi connectivity index (χ4v) is 1.88. The van der Waals surface area contributed by atoms with E-state index in [0.717, 1.165) is 5.56 Å². The summed E-state index contributed by atoms with van der Waals surface area (Å²) in [7, 11) is 0. The van der Waals surface area contributed by atoms with Crippen LogP contribution in [0.4, 0.5) is 0 Å². The highest BCUT2D eigenvalue weighted by Gasteiger charge is 2.08. The second-order valence-electron chi connectivity index (χ2n) is 3.33. The molecule has 0 aliphatic carbocycles. The molecule has 0 aliphatic rings. The van der Waals surface area contributed by atoms with Gasteiger partial charge in [-0.05, 0) is 39.7 Å². The lowest BCUT2D eigenvalue weighted by Crippen LogP contribution is -1.80. The van der Waals surface area contributed by atoms with Crippen LogP contribution in [0.2, 0.25) is 5.02 Å². The van der Waals surface area contributed by atoms with Crippen LogP contribution in [-0.4, -0.2) is 10.2 Å². The van der Waals surface area contributed by atoms with E-state index in [1.54, 1.807) is 30.3 Å². The van der Waals surface area contributed by atoms with E-state index in [2.05, 4.69) is 15.9 Å². The second kappa shape index (κ2) is 4.36. The van der Waals surface area contributed by atoms with Crippen LogP contribution in [-0.2, 0) is 0 Å². The summed E-state index contributed by atoms with van der Waals surface area (Å²) < 4.78 is 0.537. The van der Waals surface area contributed by atoms with E-state index in [0.29, 0.717) is 15.1 Å². The first kappa shape index (κ1) is 11.3. The Labute approximate surface area is 106 Å². The molecule has 4 heteroatoms. The largest absolute Gasteiger partial charge is 0.507 e. The first-order chi connectivity index (χ1) is 7.58. The average molecular weight is 300 g/mol. The predicted molar refractivity (Wildman–Crippen MR) is 67.9 cm³/mol. The predicted octanol–water partition coefficient (Wildman–Crippen LogP) is 4.18. The molecular formula is C12H8BrClO2. The van der Waals surface area contributed by atoms with E-state index in [1.165, 1.54) is 6.07 Å². The van der Waals surface area contributed by atoms with E-state index >= 15 is 0 Å². The van der Waals surface area contributed by atoms with Crippen LogP contribution in [0.15, 0.2) is 40.9 Å². The minimum Gasteiger partial charge on any atom is -0.507 e. The minimum atomic E-state index is 0.00946. The molecule has 2 rings (SSSR count). The van der Waals surface area contributed by atoms with Gasteiger partial charge in [-0.2, -0.15) is 0 Å². The van der Waals surface area contributed by atoms with Crippen molar-refractivity contribution in [3.63, 3.8) is 0 Å². The van der Waals surface area contributed by atoms with Gasteiger partial charge in [0.2, 0.25) is 0 Å². The lowest BCUT2D eigenvalue weighted by molar-refractivity contribution is 0.449. The van der Waals surface area contributed by atoms with Gasteiger partial charge in [0.25, 0.3) is 0 Å². The van der Waals surface area contributed by atoms with E-state index in [-0.39, 0.29) is 11.5 Å². The molecule has 0 saturated carbocycles. The summed E-state index contributed by atoms with van der Waals surface area (Å²) in [6.07, 6.45) is 0. The Morgan fingerprint density at radius 3 is 2.19 bits per heavy atom. The summed E-state index contributed by atoms with van der Waals surface area (Å²) in [5, 5.41) is 19.8. The third kappa shape index (κ3) is 2.15. The highest BCUT2D eigenvalue weighted by atomic mass is 79.9. The molecule has 2 nitrogen and oxygen atoms in total. The minimum absolute atomic E-state index is 0.00946. The van der Waals surface area contributed by atoms with E-state index in [1.807, 2.05) is 0 Å². The molecule has 0 spiro atoms. The van der Waals surface area contributed by atoms with Gasteiger partial charge in [-0.15, -0.1) is 0 Å². The van der Waals surface area contributed by atoms with Crippen LogP contribution in [0, 0.1) is 0 Å². The molecule has 2 N–H and O–H groups in total. The number of halogens is 2. The average Bonchev–Trinajstić information content (AvgIpc) is 2.25. The summed E-state index contributed by atoms with van der Waals surface area (Å²) >= 11 is 8.99. The highest BCUT2D eigenvalue weighted by Crippen LogP contribution is 2.37. The van der Waals surface area contributed by atoms with Crippen molar-refractivity contribution in [3.05, 3.63) is 45.9 Å². The number of aromatic hydroxyl groups is 2. The molecule has 0 fully saturated rings. The third-order valence-electron chi connectivity index (χ3n) is 2.22. The fraction of sp³-hybridized carbons (Fsp3) is 0. The Kier molecular flexibility index (Phi) is 3.08. The lowest BCUT2D eigenvalue weighted by Gasteiger charge is -2.07. The molecule has 2 aromatic rings. The zero-order chi connectivity index (χ0) is 11.7. The van der Waals surface area contributed by atoms with Gasteiger partial charge in [-0.3, -0.25) is 0 Å². The number of benzene rings is 2. The van der Waals surface area contributed by atoms with Crippen LogP contribution < -0.4 is 0 Å². The van der Waals surface area contributed by atoms with Crippen molar-refractivity contribution in [1.29, 1.82) is 0 Å². The van der Waals surface area contributed by atoms with Crippen molar-refractivity contribution < 1.29 is 10.2 Å². The molecule has 0 bridgehead atoms. The van der Waals surface area contributed by atoms with E-state index in [4.69, 9.17) is 11.6 Å². The van der Waals surface area contributed by atoms with E-state index in [9.17, 15) is 10.2 Å². The van der Waals surface area contributed by atoms with Crippen LogP contribution in [0.1, 0.15) is 0 Å². The topological polar surface area (TPSA) is 40.5 Å². The maximum atomic E-state index is 9.72. The molecule has 2 aromatic carbocycles. The Morgan fingerprint density at radius 1 is 0.938 bits per heavy atom. The third-order valence-corrected chi connectivity index (χ3v) is 3.11. The van der Waals surface area contributed by atoms with Gasteiger partial charge in [-0.1, -0.05) is 23.7 Å². The molecule has 82 valence electrons. The van der Waals surface area contributed by atoms with Gasteiger partial charge in [0.1, 0.15) is 11.5 Å². The number of hydrogen-bond donors (Lipinski definition) is 2. The molecule has 0 aliphatic heterocycles. The Hall–Kier alpha value is -1.19. The van der Waals surface area contributed by atoms with Crippen LogP contribution >= 0.6 is 27.5 Å². The Bertz CT molecular complexity index is 523. The van der Waals surface area contributed by atoms with Gasteiger partial charge in [0.05, 0.1) is 4.47 Å². The molecular weight excluding hydrogens is 291 g/mol. The zero-order valence-electron chi connectivity index (χ0n) is 8.11. The van der Waals surface area contributed by atoms with Crippen LogP contribution in [0.3, 0.4) is 0 Å². The first-order valence-electron chi connectivity index (χ1n) is 4.55. The van der Waals surface area contributed by atoms with Crippen molar-refractivity contribution in [1.82, 2.24) is 0 Å². The molecule has 0 saturated heterocycles. The fourth-order valence-electron chi connectivity index (χ4n) is 1.41. The summed E-state index contributed by atoms with van der Waals surface area (Å²) in [4.78, 5) is 0. The summed E-state index contributed by atoms with van der Waals surface area (Å²) in [5.41, 5.74) is 1.48. The van der Waals surface area contributed by atoms with Gasteiger partial charge >= 0.3 is 0 Å². The quantitative estimate of drug-likeness (QED) is 0.829. The molecule has 0 unspecified atom stereocenters. The van der Waals surface area contributed by atoms with Crippen molar-refractivity contribution >= 4 is 27.5 Å². The van der Waals surface area contributed by atoms with Crippen molar-refractivity contribution in [2.45, 2.75) is 0 Å². The first-order valence-corrected chi connectivity index (χ1v) is 5.72. The van der Waals surface area contributed by atoms with Crippen molar-refractivity contribution in [2.75, 3.05) is 0 Å². The lowest BCUT2D eigenvalue weighted by atomic mass is 10.0. The maximum Gasteiger partial charge on any atom is 0.133 e. The number of rotatable bonds is 1. The van der Waals surface area contributed by atoms with Crippen molar-refractivity contribution in [2.24, 2.45) is 0 Å². The Balaban J connectivity index is 2.56. The summed E-state index contributed by atoms with van der Waals surface area (Å²) in [6.45, 7) is 0. The molecule has 0 radical (unpaired) electrons. The van der Waals surface area contributed by atoms with Gasteiger partial charge in [-0.25, -0.2) is 0 Å². The van der Waals surface area contributed by atoms with Gasteiger partial charge < -0.3 is 10.2 Å². The summed E-state index contributed by atoms with van der Waals surface area (Å²) in [6, 6.07) is 10.1. The normalized spacial score (nSPS) is 10.4. The van der Waals surface area contributed by atoms with E-state index < -0.39 is 0 Å². The zero-order valence-corrected chi connectivity index (χ0v) is 10.5. The molecule has 0 heterocycles.